The molecule has 0 radical (unpaired) electrons. The molecule has 2 aromatic carbocycles. The normalized spacial score (nSPS) is 26.0. The Labute approximate surface area is 177 Å². The van der Waals surface area contributed by atoms with Gasteiger partial charge in [0, 0.05) is 19.6 Å². The van der Waals surface area contributed by atoms with E-state index in [-0.39, 0.29) is 0 Å². The number of nitrogens with zero attached hydrogens (tertiary/aromatic N) is 4. The summed E-state index contributed by atoms with van der Waals surface area (Å²) in [4.78, 5) is 8.97. The van der Waals surface area contributed by atoms with Gasteiger partial charge in [-0.3, -0.25) is 9.80 Å². The Balaban J connectivity index is 1.50. The zero-order chi connectivity index (χ0) is 21.3. The Morgan fingerprint density at radius 1 is 1.07 bits per heavy atom. The second-order valence-electron chi connectivity index (χ2n) is 8.22. The van der Waals surface area contributed by atoms with E-state index in [2.05, 4.69) is 4.85 Å². The van der Waals surface area contributed by atoms with Gasteiger partial charge in [0.25, 0.3) is 0 Å². The lowest BCUT2D eigenvalue weighted by molar-refractivity contribution is -0.0991. The molecule has 2 aliphatic heterocycles. The fraction of sp³-hybridized carbons (Fsp3) is 0.435. The second kappa shape index (κ2) is 8.44. The van der Waals surface area contributed by atoms with Crippen molar-refractivity contribution in [1.82, 2.24) is 14.7 Å². The zero-order valence-electron chi connectivity index (χ0n) is 17.1. The predicted molar refractivity (Wildman–Crippen MR) is 113 cm³/mol. The van der Waals surface area contributed by atoms with Crippen LogP contribution in [0.15, 0.2) is 54.6 Å². The maximum Gasteiger partial charge on any atom is 0.187 e. The second-order valence-corrected chi connectivity index (χ2v) is 8.22. The minimum atomic E-state index is -0.863. The topological polar surface area (TPSA) is 74.8 Å². The Hall–Kier alpha value is -2.31. The zero-order valence-corrected chi connectivity index (χ0v) is 17.1. The molecule has 0 saturated carbocycles. The highest BCUT2D eigenvalue weighted by Gasteiger charge is 2.56. The molecule has 2 saturated heterocycles. The summed E-state index contributed by atoms with van der Waals surface area (Å²) in [5.74, 6) is 0. The van der Waals surface area contributed by atoms with E-state index in [0.717, 1.165) is 11.1 Å². The van der Waals surface area contributed by atoms with Gasteiger partial charge in [-0.1, -0.05) is 54.6 Å². The third-order valence-corrected chi connectivity index (χ3v) is 6.61. The van der Waals surface area contributed by atoms with Crippen molar-refractivity contribution in [2.75, 3.05) is 20.1 Å². The van der Waals surface area contributed by atoms with Crippen LogP contribution < -0.4 is 0 Å². The molecule has 7 nitrogen and oxygen atoms in total. The molecule has 0 amide bonds. The first-order valence-electron chi connectivity index (χ1n) is 10.2. The van der Waals surface area contributed by atoms with Crippen molar-refractivity contribution in [3.8, 4) is 0 Å². The monoisotopic (exact) mass is 408 g/mol. The number of likely N-dealkylation sites (tertiary alicyclic amines) is 1. The Bertz CT molecular complexity index is 891. The van der Waals surface area contributed by atoms with E-state index < -0.39 is 24.3 Å². The summed E-state index contributed by atoms with van der Waals surface area (Å²) < 4.78 is 0. The molecular weight excluding hydrogens is 380 g/mol. The number of piperidine rings is 1. The first-order chi connectivity index (χ1) is 14.5. The molecule has 2 heterocycles. The van der Waals surface area contributed by atoms with Gasteiger partial charge in [0.2, 0.25) is 0 Å². The molecule has 0 bridgehead atoms. The van der Waals surface area contributed by atoms with Crippen molar-refractivity contribution >= 4 is 5.69 Å². The third kappa shape index (κ3) is 3.63. The molecule has 3 unspecified atom stereocenters. The van der Waals surface area contributed by atoms with Crippen LogP contribution in [0, 0.1) is 6.57 Å². The molecule has 3 atom stereocenters. The van der Waals surface area contributed by atoms with Crippen molar-refractivity contribution in [1.29, 1.82) is 0 Å². The minimum Gasteiger partial charge on any atom is -0.376 e. The Kier molecular flexibility index (Phi) is 5.89. The van der Waals surface area contributed by atoms with Gasteiger partial charge in [-0.05, 0) is 31.0 Å². The molecule has 30 heavy (non-hydrogen) atoms. The van der Waals surface area contributed by atoms with Crippen LogP contribution in [0.3, 0.4) is 0 Å². The number of likely N-dealkylation sites (N-methyl/N-ethyl adjacent to an activating group) is 1. The molecule has 7 heteroatoms. The highest BCUT2D eigenvalue weighted by molar-refractivity contribution is 5.45. The minimum absolute atomic E-state index is 0.546. The number of hydrogen-bond acceptors (Lipinski definition) is 6. The van der Waals surface area contributed by atoms with Gasteiger partial charge in [-0.25, -0.2) is 9.74 Å². The molecule has 0 aliphatic carbocycles. The average Bonchev–Trinajstić information content (AvgIpc) is 2.96. The lowest BCUT2D eigenvalue weighted by atomic mass is 9.84. The molecule has 1 spiro atoms. The van der Waals surface area contributed by atoms with Crippen molar-refractivity contribution in [2.24, 2.45) is 0 Å². The largest absolute Gasteiger partial charge is 0.376 e. The molecule has 2 fully saturated rings. The summed E-state index contributed by atoms with van der Waals surface area (Å²) in [5.41, 5.74) is 1.81. The van der Waals surface area contributed by atoms with Crippen LogP contribution >= 0.6 is 0 Å². The van der Waals surface area contributed by atoms with E-state index in [0.29, 0.717) is 38.2 Å². The van der Waals surface area contributed by atoms with E-state index in [1.54, 1.807) is 36.2 Å². The molecule has 0 aromatic heterocycles. The number of rotatable bonds is 4. The Morgan fingerprint density at radius 2 is 1.70 bits per heavy atom. The molecular formula is C23H28N4O3. The quantitative estimate of drug-likeness (QED) is 0.673. The van der Waals surface area contributed by atoms with Crippen LogP contribution in [0.1, 0.15) is 30.2 Å². The van der Waals surface area contributed by atoms with Crippen LogP contribution in [-0.2, 0) is 6.54 Å². The van der Waals surface area contributed by atoms with Gasteiger partial charge in [-0.2, -0.15) is 0 Å². The van der Waals surface area contributed by atoms with Crippen molar-refractivity contribution in [2.45, 2.75) is 43.7 Å². The van der Waals surface area contributed by atoms with Crippen LogP contribution in [0.4, 0.5) is 5.69 Å². The van der Waals surface area contributed by atoms with Crippen molar-refractivity contribution in [3.05, 3.63) is 77.1 Å². The van der Waals surface area contributed by atoms with Gasteiger partial charge in [-0.15, -0.1) is 0 Å². The fourth-order valence-corrected chi connectivity index (χ4v) is 4.76. The van der Waals surface area contributed by atoms with Gasteiger partial charge in [0.05, 0.1) is 12.1 Å². The van der Waals surface area contributed by atoms with E-state index in [4.69, 9.17) is 6.57 Å². The van der Waals surface area contributed by atoms with Crippen LogP contribution in [0.2, 0.25) is 0 Å². The van der Waals surface area contributed by atoms with Crippen molar-refractivity contribution < 1.29 is 15.3 Å². The van der Waals surface area contributed by atoms with Crippen molar-refractivity contribution in [3.63, 3.8) is 0 Å². The first kappa shape index (κ1) is 20.9. The molecule has 3 N–H and O–H groups in total. The number of hydrogen-bond donors (Lipinski definition) is 3. The standard InChI is InChI=1S/C23H28N4O3/c1-24-19-10-8-18(9-11-19)20(28)26-14-12-23(13-15-26)21(29)25(2)22(30)27(23)16-17-6-4-3-5-7-17/h3-11,20-22,28-30H,12-16H2,2H3. The fourth-order valence-electron chi connectivity index (χ4n) is 4.76. The van der Waals surface area contributed by atoms with Gasteiger partial charge >= 0.3 is 0 Å². The summed E-state index contributed by atoms with van der Waals surface area (Å²) in [6.45, 7) is 8.79. The van der Waals surface area contributed by atoms with E-state index >= 15 is 0 Å². The predicted octanol–water partition coefficient (Wildman–Crippen LogP) is 2.10. The van der Waals surface area contributed by atoms with Crippen LogP contribution in [0.5, 0.6) is 0 Å². The summed E-state index contributed by atoms with van der Waals surface area (Å²) in [5, 5.41) is 32.6. The maximum atomic E-state index is 11.0. The van der Waals surface area contributed by atoms with Gasteiger partial charge in [0.1, 0.15) is 12.5 Å². The molecule has 158 valence electrons. The SMILES string of the molecule is [C-]#[N+]c1ccc(C(O)N2CCC3(CC2)C(O)N(C)C(O)N3Cc2ccccc2)cc1. The maximum absolute atomic E-state index is 11.0. The highest BCUT2D eigenvalue weighted by Crippen LogP contribution is 2.42. The first-order valence-corrected chi connectivity index (χ1v) is 10.2. The van der Waals surface area contributed by atoms with Crippen LogP contribution in [-0.4, -0.2) is 68.3 Å². The lowest BCUT2D eigenvalue weighted by Gasteiger charge is -2.47. The van der Waals surface area contributed by atoms with E-state index in [1.165, 1.54) is 0 Å². The van der Waals surface area contributed by atoms with Gasteiger partial charge in [0.15, 0.2) is 12.0 Å². The van der Waals surface area contributed by atoms with Crippen LogP contribution in [0.25, 0.3) is 4.85 Å². The molecule has 4 rings (SSSR count). The summed E-state index contributed by atoms with van der Waals surface area (Å²) >= 11 is 0. The smallest absolute Gasteiger partial charge is 0.187 e. The highest BCUT2D eigenvalue weighted by atomic mass is 16.4. The summed E-state index contributed by atoms with van der Waals surface area (Å²) in [7, 11) is 1.74. The summed E-state index contributed by atoms with van der Waals surface area (Å²) in [6.07, 6.45) is -1.16. The van der Waals surface area contributed by atoms with E-state index in [9.17, 15) is 15.3 Å². The molecule has 2 aromatic rings. The molecule has 2 aliphatic rings. The van der Waals surface area contributed by atoms with Gasteiger partial charge < -0.3 is 15.3 Å². The Morgan fingerprint density at radius 3 is 2.30 bits per heavy atom. The summed E-state index contributed by atoms with van der Waals surface area (Å²) in [6, 6.07) is 17.0. The number of aliphatic hydroxyl groups excluding tert-OH is 3. The average molecular weight is 409 g/mol. The number of aliphatic hydroxyl groups is 3. The number of benzene rings is 2. The lowest BCUT2D eigenvalue weighted by Crippen LogP contribution is -2.58. The van der Waals surface area contributed by atoms with E-state index in [1.807, 2.05) is 40.1 Å². The third-order valence-electron chi connectivity index (χ3n) is 6.61.